The van der Waals surface area contributed by atoms with Crippen molar-refractivity contribution >= 4 is 20.8 Å². The van der Waals surface area contributed by atoms with Crippen molar-refractivity contribution in [3.8, 4) is 11.5 Å². The molecule has 258 valence electrons. The van der Waals surface area contributed by atoms with Crippen LogP contribution in [0, 0.1) is 45.3 Å². The molecule has 0 aliphatic heterocycles. The number of benzene rings is 1. The summed E-state index contributed by atoms with van der Waals surface area (Å²) in [5.74, 6) is 1.48. The zero-order valence-electron chi connectivity index (χ0n) is 28.5. The van der Waals surface area contributed by atoms with Crippen molar-refractivity contribution in [1.29, 1.82) is 0 Å². The maximum Gasteiger partial charge on any atom is 0.446 e. The van der Waals surface area contributed by atoms with Crippen LogP contribution in [0.25, 0.3) is 0 Å². The summed E-state index contributed by atoms with van der Waals surface area (Å²) in [4.78, 5) is 0. The summed E-state index contributed by atoms with van der Waals surface area (Å²) >= 11 is 0. The third-order valence-electron chi connectivity index (χ3n) is 13.5. The molecule has 3 fully saturated rings. The predicted octanol–water partition coefficient (Wildman–Crippen LogP) is 8.95. The third kappa shape index (κ3) is 6.70. The fourth-order valence-corrected chi connectivity index (χ4v) is 11.1. The second-order valence-electron chi connectivity index (χ2n) is 16.3. The van der Waals surface area contributed by atoms with Crippen molar-refractivity contribution in [3.05, 3.63) is 47.6 Å². The van der Waals surface area contributed by atoms with E-state index in [-0.39, 0.29) is 39.6 Å². The first kappa shape index (κ1) is 35.4. The number of hydrogen-bond acceptors (Lipinski definition) is 6. The topological polar surface area (TPSA) is 127 Å². The minimum Gasteiger partial charge on any atom is -0.362 e. The maximum absolute atomic E-state index is 11.8. The molecule has 2 N–H and O–H groups in total. The van der Waals surface area contributed by atoms with E-state index in [1.54, 1.807) is 5.57 Å². The number of rotatable bonds is 9. The molecule has 1 aromatic rings. The van der Waals surface area contributed by atoms with E-state index >= 15 is 0 Å². The third-order valence-corrected chi connectivity index (χ3v) is 14.3. The smallest absolute Gasteiger partial charge is 0.362 e. The predicted molar refractivity (Wildman–Crippen MR) is 180 cm³/mol. The lowest BCUT2D eigenvalue weighted by atomic mass is 9.43. The van der Waals surface area contributed by atoms with Crippen LogP contribution in [0.2, 0.25) is 0 Å². The summed E-state index contributed by atoms with van der Waals surface area (Å²) in [5.41, 5.74) is 3.41. The highest BCUT2D eigenvalue weighted by Crippen LogP contribution is 2.66. The van der Waals surface area contributed by atoms with Gasteiger partial charge in [-0.3, -0.25) is 9.11 Å². The van der Waals surface area contributed by atoms with Crippen LogP contribution >= 0.6 is 0 Å². The SMILES string of the molecule is C=C1CCC[C@H]2[C@@]1(CC[C@@]1(C)C3=CCCC(C)(C)[C@@H]3CC[C@@H]1C)CC[C@H](C)[C@]2(C)Cc1cc(OS(=O)(=O)O)ccc1OS(=O)(=O)O. The molecule has 4 aliphatic rings. The quantitative estimate of drug-likeness (QED) is 0.196. The molecule has 10 heteroatoms. The summed E-state index contributed by atoms with van der Waals surface area (Å²) in [5, 5.41) is 0. The lowest BCUT2D eigenvalue weighted by molar-refractivity contribution is -0.0694. The normalized spacial score (nSPS) is 36.3. The summed E-state index contributed by atoms with van der Waals surface area (Å²) in [6, 6.07) is 3.84. The molecule has 4 aliphatic carbocycles. The van der Waals surface area contributed by atoms with Crippen LogP contribution in [0.5, 0.6) is 11.5 Å². The van der Waals surface area contributed by atoms with Gasteiger partial charge in [-0.1, -0.05) is 65.3 Å². The highest BCUT2D eigenvalue weighted by atomic mass is 32.3. The Morgan fingerprint density at radius 2 is 1.59 bits per heavy atom. The van der Waals surface area contributed by atoms with Gasteiger partial charge in [0.05, 0.1) is 0 Å². The van der Waals surface area contributed by atoms with Gasteiger partial charge in [-0.05, 0) is 141 Å². The van der Waals surface area contributed by atoms with E-state index in [9.17, 15) is 25.9 Å². The molecule has 0 heterocycles. The molecule has 0 saturated heterocycles. The van der Waals surface area contributed by atoms with Crippen LogP contribution in [0.15, 0.2) is 42.0 Å². The van der Waals surface area contributed by atoms with Gasteiger partial charge in [0, 0.05) is 5.56 Å². The van der Waals surface area contributed by atoms with Gasteiger partial charge in [-0.15, -0.1) is 0 Å². The number of hydrogen-bond donors (Lipinski definition) is 2. The van der Waals surface area contributed by atoms with E-state index in [0.717, 1.165) is 51.4 Å². The molecule has 46 heavy (non-hydrogen) atoms. The molecule has 0 aromatic heterocycles. The second kappa shape index (κ2) is 12.2. The Balaban J connectivity index is 1.52. The monoisotopic (exact) mass is 678 g/mol. The molecular formula is C36H54O8S2. The minimum atomic E-state index is -4.85. The second-order valence-corrected chi connectivity index (χ2v) is 18.3. The highest BCUT2D eigenvalue weighted by Gasteiger charge is 2.57. The van der Waals surface area contributed by atoms with Gasteiger partial charge in [-0.2, -0.15) is 16.8 Å². The summed E-state index contributed by atoms with van der Waals surface area (Å²) in [7, 11) is -9.65. The molecule has 0 unspecified atom stereocenters. The van der Waals surface area contributed by atoms with Crippen LogP contribution in [-0.4, -0.2) is 25.9 Å². The minimum absolute atomic E-state index is 0.0768. The molecule has 5 rings (SSSR count). The average molecular weight is 679 g/mol. The van der Waals surface area contributed by atoms with Crippen LogP contribution in [0.4, 0.5) is 0 Å². The Hall–Kier alpha value is -1.88. The van der Waals surface area contributed by atoms with E-state index in [0.29, 0.717) is 29.2 Å². The van der Waals surface area contributed by atoms with E-state index in [4.69, 9.17) is 14.9 Å². The summed E-state index contributed by atoms with van der Waals surface area (Å²) in [6.07, 6.45) is 15.1. The first-order chi connectivity index (χ1) is 21.2. The lowest BCUT2D eigenvalue weighted by Crippen LogP contribution is -2.53. The van der Waals surface area contributed by atoms with Gasteiger partial charge < -0.3 is 8.37 Å². The largest absolute Gasteiger partial charge is 0.446 e. The fraction of sp³-hybridized carbons (Fsp3) is 0.722. The fourth-order valence-electron chi connectivity index (χ4n) is 10.4. The molecule has 1 aromatic carbocycles. The summed E-state index contributed by atoms with van der Waals surface area (Å²) in [6.45, 7) is 19.1. The standard InChI is InChI=1S/C36H54O8S2/c1-24-13-15-29-30(11-9-18-33(29,4)5)34(24,6)20-21-36-19-17-25(2)35(7,32(36)12-8-10-26(36)3)23-27-22-28(43-45(37,38)39)14-16-31(27)44-46(40,41)42/h11,14,16,22,24-25,29,32H,3,8-10,12-13,15,17-21,23H2,1-2,4-7H3,(H,37,38,39)(H,40,41,42)/t24-,25-,29+,32+,34+,35-,36+/m0/s1. The van der Waals surface area contributed by atoms with Crippen LogP contribution in [-0.2, 0) is 27.2 Å². The van der Waals surface area contributed by atoms with Crippen molar-refractivity contribution in [3.63, 3.8) is 0 Å². The van der Waals surface area contributed by atoms with Gasteiger partial charge in [0.1, 0.15) is 11.5 Å². The Labute approximate surface area is 277 Å². The van der Waals surface area contributed by atoms with Gasteiger partial charge in [0.25, 0.3) is 0 Å². The molecule has 3 saturated carbocycles. The van der Waals surface area contributed by atoms with Gasteiger partial charge in [-0.25, -0.2) is 0 Å². The maximum atomic E-state index is 11.8. The van der Waals surface area contributed by atoms with Crippen LogP contribution < -0.4 is 8.37 Å². The Morgan fingerprint density at radius 3 is 2.26 bits per heavy atom. The van der Waals surface area contributed by atoms with Gasteiger partial charge in [0.2, 0.25) is 0 Å². The number of fused-ring (bicyclic) bond motifs is 2. The number of allylic oxidation sites excluding steroid dienone is 3. The van der Waals surface area contributed by atoms with Crippen LogP contribution in [0.3, 0.4) is 0 Å². The average Bonchev–Trinajstić information content (AvgIpc) is 2.93. The highest BCUT2D eigenvalue weighted by molar-refractivity contribution is 7.81. The summed E-state index contributed by atoms with van der Waals surface area (Å²) < 4.78 is 75.3. The first-order valence-corrected chi connectivity index (χ1v) is 19.8. The Kier molecular flexibility index (Phi) is 9.41. The van der Waals surface area contributed by atoms with E-state index in [1.807, 2.05) is 0 Å². The molecule has 7 atom stereocenters. The molecule has 0 spiro atoms. The van der Waals surface area contributed by atoms with Crippen LogP contribution in [0.1, 0.15) is 118 Å². The molecule has 0 radical (unpaired) electrons. The van der Waals surface area contributed by atoms with Crippen molar-refractivity contribution in [2.24, 2.45) is 45.3 Å². The van der Waals surface area contributed by atoms with Crippen molar-refractivity contribution in [2.75, 3.05) is 0 Å². The van der Waals surface area contributed by atoms with E-state index < -0.39 is 20.8 Å². The van der Waals surface area contributed by atoms with Crippen molar-refractivity contribution in [2.45, 2.75) is 119 Å². The molecule has 0 bridgehead atoms. The zero-order chi connectivity index (χ0) is 33.9. The van der Waals surface area contributed by atoms with E-state index in [1.165, 1.54) is 43.0 Å². The molecule has 0 amide bonds. The lowest BCUT2D eigenvalue weighted by Gasteiger charge is -2.61. The van der Waals surface area contributed by atoms with Crippen molar-refractivity contribution < 1.29 is 34.3 Å². The molecular weight excluding hydrogens is 625 g/mol. The first-order valence-electron chi connectivity index (χ1n) is 17.1. The van der Waals surface area contributed by atoms with Gasteiger partial charge in [0.15, 0.2) is 0 Å². The Morgan fingerprint density at radius 1 is 0.891 bits per heavy atom. The van der Waals surface area contributed by atoms with Crippen molar-refractivity contribution in [1.82, 2.24) is 0 Å². The van der Waals surface area contributed by atoms with Gasteiger partial charge >= 0.3 is 20.8 Å². The van der Waals surface area contributed by atoms with E-state index in [2.05, 4.69) is 47.6 Å². The Bertz CT molecular complexity index is 1590. The zero-order valence-corrected chi connectivity index (χ0v) is 30.1. The molecule has 8 nitrogen and oxygen atoms in total.